The van der Waals surface area contributed by atoms with Crippen LogP contribution < -0.4 is 5.73 Å². The van der Waals surface area contributed by atoms with Crippen molar-refractivity contribution in [3.8, 4) is 11.5 Å². The SMILES string of the molecule is Cc1ccc2c(c1)nc(-c1csc(CN)n1)n2C(C)C. The van der Waals surface area contributed by atoms with Crippen molar-refractivity contribution in [3.05, 3.63) is 34.2 Å². The number of thiazole rings is 1. The standard InChI is InChI=1S/C15H18N4S/c1-9(2)19-13-5-4-10(3)6-11(13)18-15(19)12-8-20-14(7-16)17-12/h4-6,8-9H,7,16H2,1-3H3. The maximum Gasteiger partial charge on any atom is 0.160 e. The predicted molar refractivity (Wildman–Crippen MR) is 83.9 cm³/mol. The molecule has 0 amide bonds. The first-order valence-corrected chi connectivity index (χ1v) is 7.61. The molecule has 0 aliphatic rings. The Hall–Kier alpha value is -1.72. The van der Waals surface area contributed by atoms with E-state index in [9.17, 15) is 0 Å². The van der Waals surface area contributed by atoms with E-state index < -0.39 is 0 Å². The summed E-state index contributed by atoms with van der Waals surface area (Å²) in [7, 11) is 0. The second-order valence-corrected chi connectivity index (χ2v) is 6.16. The lowest BCUT2D eigenvalue weighted by atomic mass is 10.2. The van der Waals surface area contributed by atoms with Crippen molar-refractivity contribution in [1.29, 1.82) is 0 Å². The second kappa shape index (κ2) is 5.00. The van der Waals surface area contributed by atoms with E-state index in [4.69, 9.17) is 10.7 Å². The fraction of sp³-hybridized carbons (Fsp3) is 0.333. The summed E-state index contributed by atoms with van der Waals surface area (Å²) >= 11 is 1.59. The Morgan fingerprint density at radius 2 is 2.10 bits per heavy atom. The molecule has 0 aliphatic carbocycles. The summed E-state index contributed by atoms with van der Waals surface area (Å²) in [5.41, 5.74) is 9.97. The van der Waals surface area contributed by atoms with E-state index in [2.05, 4.69) is 48.5 Å². The highest BCUT2D eigenvalue weighted by Gasteiger charge is 2.17. The van der Waals surface area contributed by atoms with Gasteiger partial charge in [0.1, 0.15) is 10.7 Å². The topological polar surface area (TPSA) is 56.7 Å². The third kappa shape index (κ3) is 2.13. The summed E-state index contributed by atoms with van der Waals surface area (Å²) in [5.74, 6) is 0.927. The van der Waals surface area contributed by atoms with Crippen molar-refractivity contribution in [2.24, 2.45) is 5.73 Å². The third-order valence-corrected chi connectivity index (χ3v) is 4.19. The first-order valence-electron chi connectivity index (χ1n) is 6.73. The molecule has 0 bridgehead atoms. The van der Waals surface area contributed by atoms with Gasteiger partial charge in [0.2, 0.25) is 0 Å². The number of aromatic nitrogens is 3. The van der Waals surface area contributed by atoms with E-state index in [1.165, 1.54) is 5.56 Å². The van der Waals surface area contributed by atoms with Crippen LogP contribution in [0.2, 0.25) is 0 Å². The van der Waals surface area contributed by atoms with Crippen LogP contribution in [0.1, 0.15) is 30.5 Å². The first kappa shape index (κ1) is 13.3. The Morgan fingerprint density at radius 1 is 1.30 bits per heavy atom. The minimum atomic E-state index is 0.334. The summed E-state index contributed by atoms with van der Waals surface area (Å²) < 4.78 is 2.24. The number of fused-ring (bicyclic) bond motifs is 1. The molecule has 1 aromatic carbocycles. The number of nitrogens with zero attached hydrogens (tertiary/aromatic N) is 3. The summed E-state index contributed by atoms with van der Waals surface area (Å²) in [6.07, 6.45) is 0. The molecule has 3 aromatic rings. The zero-order valence-electron chi connectivity index (χ0n) is 11.9. The van der Waals surface area contributed by atoms with E-state index in [0.29, 0.717) is 12.6 Å². The van der Waals surface area contributed by atoms with Crippen LogP contribution in [0.3, 0.4) is 0 Å². The number of hydrogen-bond donors (Lipinski definition) is 1. The zero-order valence-corrected chi connectivity index (χ0v) is 12.7. The van der Waals surface area contributed by atoms with Gasteiger partial charge in [-0.15, -0.1) is 11.3 Å². The molecular formula is C15H18N4S. The van der Waals surface area contributed by atoms with Crippen LogP contribution >= 0.6 is 11.3 Å². The van der Waals surface area contributed by atoms with Gasteiger partial charge in [0.25, 0.3) is 0 Å². The van der Waals surface area contributed by atoms with Crippen molar-refractivity contribution in [3.63, 3.8) is 0 Å². The molecule has 2 aromatic heterocycles. The minimum Gasteiger partial charge on any atom is -0.325 e. The summed E-state index contributed by atoms with van der Waals surface area (Å²) in [6, 6.07) is 6.71. The average Bonchev–Trinajstić information content (AvgIpc) is 3.01. The van der Waals surface area contributed by atoms with Gasteiger partial charge in [0.15, 0.2) is 5.82 Å². The van der Waals surface area contributed by atoms with Crippen molar-refractivity contribution in [1.82, 2.24) is 14.5 Å². The van der Waals surface area contributed by atoms with E-state index in [0.717, 1.165) is 27.6 Å². The van der Waals surface area contributed by atoms with Crippen LogP contribution in [-0.2, 0) is 6.54 Å². The van der Waals surface area contributed by atoms with Gasteiger partial charge in [-0.05, 0) is 38.5 Å². The first-order chi connectivity index (χ1) is 9.60. The van der Waals surface area contributed by atoms with Gasteiger partial charge < -0.3 is 10.3 Å². The third-order valence-electron chi connectivity index (χ3n) is 3.32. The van der Waals surface area contributed by atoms with Crippen molar-refractivity contribution >= 4 is 22.4 Å². The molecule has 0 atom stereocenters. The molecule has 0 saturated heterocycles. The van der Waals surface area contributed by atoms with E-state index in [-0.39, 0.29) is 0 Å². The maximum absolute atomic E-state index is 5.65. The number of rotatable bonds is 3. The lowest BCUT2D eigenvalue weighted by Gasteiger charge is -2.11. The Kier molecular flexibility index (Phi) is 3.31. The smallest absolute Gasteiger partial charge is 0.160 e. The summed E-state index contributed by atoms with van der Waals surface area (Å²) in [5, 5.41) is 2.98. The van der Waals surface area contributed by atoms with Crippen LogP contribution in [0.4, 0.5) is 0 Å². The molecule has 0 saturated carbocycles. The number of aryl methyl sites for hydroxylation is 1. The van der Waals surface area contributed by atoms with Crippen molar-refractivity contribution in [2.45, 2.75) is 33.4 Å². The lowest BCUT2D eigenvalue weighted by molar-refractivity contribution is 0.623. The van der Waals surface area contributed by atoms with E-state index in [1.807, 2.05) is 5.38 Å². The molecule has 0 spiro atoms. The molecule has 3 rings (SSSR count). The molecule has 0 unspecified atom stereocenters. The van der Waals surface area contributed by atoms with Gasteiger partial charge in [0.05, 0.1) is 11.0 Å². The number of imidazole rings is 1. The van der Waals surface area contributed by atoms with Crippen LogP contribution in [0.15, 0.2) is 23.6 Å². The molecule has 5 heteroatoms. The number of nitrogens with two attached hydrogens (primary N) is 1. The van der Waals surface area contributed by atoms with Gasteiger partial charge in [-0.2, -0.15) is 0 Å². The number of hydrogen-bond acceptors (Lipinski definition) is 4. The van der Waals surface area contributed by atoms with Crippen LogP contribution in [-0.4, -0.2) is 14.5 Å². The lowest BCUT2D eigenvalue weighted by Crippen LogP contribution is -2.03. The molecule has 0 radical (unpaired) electrons. The zero-order chi connectivity index (χ0) is 14.3. The Morgan fingerprint density at radius 3 is 2.75 bits per heavy atom. The van der Waals surface area contributed by atoms with Gasteiger partial charge in [-0.1, -0.05) is 6.07 Å². The van der Waals surface area contributed by atoms with Crippen LogP contribution in [0.5, 0.6) is 0 Å². The molecule has 2 N–H and O–H groups in total. The molecule has 4 nitrogen and oxygen atoms in total. The molecule has 104 valence electrons. The summed E-state index contributed by atoms with van der Waals surface area (Å²) in [6.45, 7) is 6.90. The highest BCUT2D eigenvalue weighted by atomic mass is 32.1. The molecule has 0 aliphatic heterocycles. The largest absolute Gasteiger partial charge is 0.325 e. The highest BCUT2D eigenvalue weighted by molar-refractivity contribution is 7.09. The van der Waals surface area contributed by atoms with Crippen molar-refractivity contribution < 1.29 is 0 Å². The Bertz CT molecular complexity index is 754. The highest BCUT2D eigenvalue weighted by Crippen LogP contribution is 2.29. The average molecular weight is 286 g/mol. The van der Waals surface area contributed by atoms with Gasteiger partial charge in [-0.3, -0.25) is 0 Å². The number of benzene rings is 1. The van der Waals surface area contributed by atoms with E-state index >= 15 is 0 Å². The monoisotopic (exact) mass is 286 g/mol. The minimum absolute atomic E-state index is 0.334. The quantitative estimate of drug-likeness (QED) is 0.801. The molecular weight excluding hydrogens is 268 g/mol. The normalized spacial score (nSPS) is 11.7. The predicted octanol–water partition coefficient (Wildman–Crippen LogP) is 3.51. The second-order valence-electron chi connectivity index (χ2n) is 5.22. The van der Waals surface area contributed by atoms with Gasteiger partial charge in [0, 0.05) is 18.0 Å². The fourth-order valence-electron chi connectivity index (χ4n) is 2.42. The van der Waals surface area contributed by atoms with Crippen LogP contribution in [0, 0.1) is 6.92 Å². The van der Waals surface area contributed by atoms with Crippen LogP contribution in [0.25, 0.3) is 22.6 Å². The molecule has 2 heterocycles. The van der Waals surface area contributed by atoms with Gasteiger partial charge >= 0.3 is 0 Å². The maximum atomic E-state index is 5.65. The van der Waals surface area contributed by atoms with Gasteiger partial charge in [-0.25, -0.2) is 9.97 Å². The van der Waals surface area contributed by atoms with E-state index in [1.54, 1.807) is 11.3 Å². The Balaban J connectivity index is 2.25. The Labute approximate surface area is 122 Å². The summed E-state index contributed by atoms with van der Waals surface area (Å²) in [4.78, 5) is 9.35. The molecule has 20 heavy (non-hydrogen) atoms. The van der Waals surface area contributed by atoms with Crippen molar-refractivity contribution in [2.75, 3.05) is 0 Å². The molecule has 0 fully saturated rings. The fourth-order valence-corrected chi connectivity index (χ4v) is 3.07.